The normalized spacial score (nSPS) is 16.8. The Kier molecular flexibility index (Phi) is 6.26. The number of rotatable bonds is 7. The fourth-order valence-electron chi connectivity index (χ4n) is 3.47. The number of benzene rings is 2. The van der Waals surface area contributed by atoms with Gasteiger partial charge >= 0.3 is 0 Å². The van der Waals surface area contributed by atoms with Crippen molar-refractivity contribution in [3.8, 4) is 11.5 Å². The third kappa shape index (κ3) is 4.66. The van der Waals surface area contributed by atoms with E-state index in [1.807, 2.05) is 18.2 Å². The summed E-state index contributed by atoms with van der Waals surface area (Å²) in [5, 5.41) is 2.83. The summed E-state index contributed by atoms with van der Waals surface area (Å²) in [5.41, 5.74) is 0.615. The SMILES string of the molecule is COc1ccc(CCNC(=O)c2ccc(N3C(=O)C(C)(C)CS3(=O)=O)cc2)cc1OC. The van der Waals surface area contributed by atoms with E-state index in [9.17, 15) is 18.0 Å². The van der Waals surface area contributed by atoms with Gasteiger partial charge in [-0.3, -0.25) is 9.59 Å². The molecule has 31 heavy (non-hydrogen) atoms. The number of ether oxygens (including phenoxy) is 2. The van der Waals surface area contributed by atoms with E-state index in [1.54, 1.807) is 28.1 Å². The Morgan fingerprint density at radius 2 is 1.71 bits per heavy atom. The lowest BCUT2D eigenvalue weighted by atomic mass is 9.95. The van der Waals surface area contributed by atoms with Gasteiger partial charge in [-0.25, -0.2) is 12.7 Å². The smallest absolute Gasteiger partial charge is 0.251 e. The van der Waals surface area contributed by atoms with Crippen molar-refractivity contribution >= 4 is 27.5 Å². The van der Waals surface area contributed by atoms with Gasteiger partial charge in [0.1, 0.15) is 0 Å². The number of amides is 2. The molecule has 2 aromatic carbocycles. The van der Waals surface area contributed by atoms with Crippen LogP contribution in [0.3, 0.4) is 0 Å². The molecule has 0 radical (unpaired) electrons. The molecule has 8 nitrogen and oxygen atoms in total. The molecule has 0 saturated carbocycles. The quantitative estimate of drug-likeness (QED) is 0.701. The molecule has 0 bridgehead atoms. The lowest BCUT2D eigenvalue weighted by molar-refractivity contribution is -0.123. The van der Waals surface area contributed by atoms with E-state index in [0.717, 1.165) is 9.87 Å². The molecule has 1 fully saturated rings. The number of carbonyl (C=O) groups is 2. The standard InChI is InChI=1S/C22H26N2O6S/c1-22(2)14-31(27,28)24(21(22)26)17-8-6-16(7-9-17)20(25)23-12-11-15-5-10-18(29-3)19(13-15)30-4/h5-10,13H,11-12,14H2,1-4H3,(H,23,25). The highest BCUT2D eigenvalue weighted by Gasteiger charge is 2.49. The predicted molar refractivity (Wildman–Crippen MR) is 117 cm³/mol. The fourth-order valence-corrected chi connectivity index (χ4v) is 5.58. The molecule has 0 spiro atoms. The highest BCUT2D eigenvalue weighted by atomic mass is 32.2. The zero-order chi connectivity index (χ0) is 22.8. The molecule has 0 aromatic heterocycles. The number of carbonyl (C=O) groups excluding carboxylic acids is 2. The molecule has 1 heterocycles. The Balaban J connectivity index is 1.63. The van der Waals surface area contributed by atoms with E-state index in [4.69, 9.17) is 9.47 Å². The van der Waals surface area contributed by atoms with E-state index < -0.39 is 21.3 Å². The maximum absolute atomic E-state index is 12.5. The second-order valence-corrected chi connectivity index (χ2v) is 9.77. The minimum absolute atomic E-state index is 0.234. The molecule has 1 aliphatic rings. The summed E-state index contributed by atoms with van der Waals surface area (Å²) in [6, 6.07) is 11.5. The number of sulfonamides is 1. The van der Waals surface area contributed by atoms with Crippen LogP contribution in [-0.2, 0) is 21.2 Å². The van der Waals surface area contributed by atoms with Crippen molar-refractivity contribution in [2.45, 2.75) is 20.3 Å². The third-order valence-electron chi connectivity index (χ3n) is 5.10. The van der Waals surface area contributed by atoms with E-state index in [2.05, 4.69) is 5.32 Å². The van der Waals surface area contributed by atoms with Gasteiger partial charge in [0.05, 0.1) is 31.1 Å². The van der Waals surface area contributed by atoms with Crippen LogP contribution in [-0.4, -0.2) is 46.7 Å². The van der Waals surface area contributed by atoms with Crippen LogP contribution in [0.1, 0.15) is 29.8 Å². The highest BCUT2D eigenvalue weighted by Crippen LogP contribution is 2.35. The Bertz CT molecular complexity index is 1090. The molecule has 0 unspecified atom stereocenters. The molecular weight excluding hydrogens is 420 g/mol. The van der Waals surface area contributed by atoms with Crippen LogP contribution in [0.2, 0.25) is 0 Å². The number of anilines is 1. The Morgan fingerprint density at radius 1 is 1.06 bits per heavy atom. The average molecular weight is 447 g/mol. The van der Waals surface area contributed by atoms with Crippen LogP contribution in [0.15, 0.2) is 42.5 Å². The number of nitrogens with zero attached hydrogens (tertiary/aromatic N) is 1. The van der Waals surface area contributed by atoms with Crippen LogP contribution in [0.5, 0.6) is 11.5 Å². The molecule has 0 atom stereocenters. The van der Waals surface area contributed by atoms with Gasteiger partial charge < -0.3 is 14.8 Å². The maximum Gasteiger partial charge on any atom is 0.251 e. The minimum atomic E-state index is -3.72. The van der Waals surface area contributed by atoms with Crippen molar-refractivity contribution in [3.05, 3.63) is 53.6 Å². The van der Waals surface area contributed by atoms with E-state index in [1.165, 1.54) is 24.3 Å². The van der Waals surface area contributed by atoms with Gasteiger partial charge in [0.2, 0.25) is 15.9 Å². The number of hydrogen-bond acceptors (Lipinski definition) is 6. The Labute approximate surface area is 182 Å². The molecule has 3 rings (SSSR count). The first kappa shape index (κ1) is 22.6. The van der Waals surface area contributed by atoms with Crippen molar-refractivity contribution in [3.63, 3.8) is 0 Å². The topological polar surface area (TPSA) is 102 Å². The molecule has 1 aliphatic heterocycles. The lowest BCUT2D eigenvalue weighted by Gasteiger charge is -2.17. The Morgan fingerprint density at radius 3 is 2.26 bits per heavy atom. The van der Waals surface area contributed by atoms with Gasteiger partial charge in [0.15, 0.2) is 11.5 Å². The molecule has 166 valence electrons. The van der Waals surface area contributed by atoms with Gasteiger partial charge in [0.25, 0.3) is 5.91 Å². The summed E-state index contributed by atoms with van der Waals surface area (Å²) in [5.74, 6) is 0.258. The second kappa shape index (κ2) is 8.58. The Hall–Kier alpha value is -3.07. The van der Waals surface area contributed by atoms with Crippen LogP contribution in [0.4, 0.5) is 5.69 Å². The predicted octanol–water partition coefficient (Wildman–Crippen LogP) is 2.38. The summed E-state index contributed by atoms with van der Waals surface area (Å²) >= 11 is 0. The summed E-state index contributed by atoms with van der Waals surface area (Å²) in [6.07, 6.45) is 0.597. The fraction of sp³-hybridized carbons (Fsp3) is 0.364. The first-order chi connectivity index (χ1) is 14.6. The van der Waals surface area contributed by atoms with Crippen LogP contribution in [0, 0.1) is 5.41 Å². The number of nitrogens with one attached hydrogen (secondary N) is 1. The van der Waals surface area contributed by atoms with E-state index in [0.29, 0.717) is 30.0 Å². The molecule has 0 aliphatic carbocycles. The lowest BCUT2D eigenvalue weighted by Crippen LogP contribution is -2.33. The molecule has 1 N–H and O–H groups in total. The molecule has 9 heteroatoms. The zero-order valence-electron chi connectivity index (χ0n) is 18.0. The summed E-state index contributed by atoms with van der Waals surface area (Å²) < 4.78 is 36.1. The van der Waals surface area contributed by atoms with E-state index in [-0.39, 0.29) is 17.3 Å². The maximum atomic E-state index is 12.5. The average Bonchev–Trinajstić information content (AvgIpc) is 2.90. The van der Waals surface area contributed by atoms with Crippen LogP contribution < -0.4 is 19.1 Å². The monoisotopic (exact) mass is 446 g/mol. The number of methoxy groups -OCH3 is 2. The summed E-state index contributed by atoms with van der Waals surface area (Å²) in [4.78, 5) is 24.9. The van der Waals surface area contributed by atoms with Crippen LogP contribution in [0.25, 0.3) is 0 Å². The van der Waals surface area contributed by atoms with Crippen molar-refractivity contribution in [2.75, 3.05) is 30.8 Å². The third-order valence-corrected chi connectivity index (χ3v) is 7.12. The first-order valence-electron chi connectivity index (χ1n) is 9.75. The molecule has 2 aromatic rings. The highest BCUT2D eigenvalue weighted by molar-refractivity contribution is 7.94. The van der Waals surface area contributed by atoms with Crippen molar-refractivity contribution in [1.29, 1.82) is 0 Å². The second-order valence-electron chi connectivity index (χ2n) is 7.95. The largest absolute Gasteiger partial charge is 0.493 e. The summed E-state index contributed by atoms with van der Waals surface area (Å²) in [7, 11) is -0.589. The number of hydrogen-bond donors (Lipinski definition) is 1. The van der Waals surface area contributed by atoms with Gasteiger partial charge in [-0.2, -0.15) is 0 Å². The van der Waals surface area contributed by atoms with Crippen molar-refractivity contribution in [1.82, 2.24) is 5.32 Å². The van der Waals surface area contributed by atoms with Gasteiger partial charge in [-0.15, -0.1) is 0 Å². The van der Waals surface area contributed by atoms with Gasteiger partial charge in [-0.05, 0) is 62.2 Å². The van der Waals surface area contributed by atoms with Crippen molar-refractivity contribution in [2.24, 2.45) is 5.41 Å². The molecule has 2 amide bonds. The zero-order valence-corrected chi connectivity index (χ0v) is 18.8. The van der Waals surface area contributed by atoms with E-state index >= 15 is 0 Å². The van der Waals surface area contributed by atoms with Gasteiger partial charge in [-0.1, -0.05) is 6.07 Å². The van der Waals surface area contributed by atoms with Crippen LogP contribution >= 0.6 is 0 Å². The summed E-state index contributed by atoms with van der Waals surface area (Å²) in [6.45, 7) is 3.61. The minimum Gasteiger partial charge on any atom is -0.493 e. The molecular formula is C22H26N2O6S. The molecule has 1 saturated heterocycles. The van der Waals surface area contributed by atoms with Crippen molar-refractivity contribution < 1.29 is 27.5 Å². The first-order valence-corrected chi connectivity index (χ1v) is 11.4. The van der Waals surface area contributed by atoms with Gasteiger partial charge in [0, 0.05) is 12.1 Å².